The number of carbonyl (C=O) groups is 1. The second-order valence-corrected chi connectivity index (χ2v) is 10.2. The van der Waals surface area contributed by atoms with E-state index in [1.165, 1.54) is 16.4 Å². The van der Waals surface area contributed by atoms with Gasteiger partial charge in [0.15, 0.2) is 0 Å². The predicted molar refractivity (Wildman–Crippen MR) is 124 cm³/mol. The van der Waals surface area contributed by atoms with Crippen molar-refractivity contribution in [2.45, 2.75) is 37.1 Å². The minimum absolute atomic E-state index is 0.0101. The van der Waals surface area contributed by atoms with Crippen molar-refractivity contribution in [1.82, 2.24) is 13.4 Å². The molecule has 0 spiro atoms. The number of nitrogens with zero attached hydrogens (tertiary/aromatic N) is 3. The van der Waals surface area contributed by atoms with E-state index in [0.29, 0.717) is 18.8 Å². The summed E-state index contributed by atoms with van der Waals surface area (Å²) < 4.78 is 30.6. The lowest BCUT2D eigenvalue weighted by atomic mass is 10.2. The van der Waals surface area contributed by atoms with Crippen LogP contribution in [0, 0.1) is 0 Å². The number of halogens is 1. The monoisotopic (exact) mass is 476 g/mol. The lowest BCUT2D eigenvalue weighted by molar-refractivity contribution is -0.116. The third-order valence-electron chi connectivity index (χ3n) is 5.76. The van der Waals surface area contributed by atoms with Gasteiger partial charge in [0.1, 0.15) is 4.90 Å². The smallest absolute Gasteiger partial charge is 0.326 e. The van der Waals surface area contributed by atoms with E-state index in [1.807, 2.05) is 24.3 Å². The van der Waals surface area contributed by atoms with Crippen LogP contribution >= 0.6 is 11.6 Å². The summed E-state index contributed by atoms with van der Waals surface area (Å²) in [5.41, 5.74) is 1.71. The highest BCUT2D eigenvalue weighted by molar-refractivity contribution is 7.89. The van der Waals surface area contributed by atoms with Crippen LogP contribution in [0.5, 0.6) is 0 Å². The van der Waals surface area contributed by atoms with Crippen molar-refractivity contribution in [3.63, 3.8) is 0 Å². The number of amides is 1. The lowest BCUT2D eigenvalue weighted by Crippen LogP contribution is -2.35. The van der Waals surface area contributed by atoms with Gasteiger partial charge in [-0.3, -0.25) is 13.9 Å². The van der Waals surface area contributed by atoms with Gasteiger partial charge >= 0.3 is 5.69 Å². The number of para-hydroxylation sites is 2. The molecule has 2 aromatic carbocycles. The zero-order chi connectivity index (χ0) is 22.9. The van der Waals surface area contributed by atoms with Gasteiger partial charge in [0.05, 0.1) is 16.1 Å². The van der Waals surface area contributed by atoms with Crippen molar-refractivity contribution < 1.29 is 13.2 Å². The number of imidazole rings is 1. The van der Waals surface area contributed by atoms with Gasteiger partial charge in [0.25, 0.3) is 0 Å². The van der Waals surface area contributed by atoms with Crippen molar-refractivity contribution in [1.29, 1.82) is 0 Å². The van der Waals surface area contributed by atoms with Crippen LogP contribution in [-0.2, 0) is 28.4 Å². The van der Waals surface area contributed by atoms with Gasteiger partial charge in [0, 0.05) is 38.8 Å². The largest absolute Gasteiger partial charge is 0.328 e. The Morgan fingerprint density at radius 1 is 1.06 bits per heavy atom. The molecule has 1 saturated heterocycles. The van der Waals surface area contributed by atoms with Gasteiger partial charge in [-0.1, -0.05) is 30.2 Å². The molecule has 10 heteroatoms. The Labute approximate surface area is 191 Å². The standard InChI is InChI=1S/C22H25ClN4O4S/c1-25-18-7-3-4-8-19(18)27(22(25)29)14-11-21(28)24-16-9-10-17(23)20(15-16)32(30,31)26-12-5-2-6-13-26/h3-4,7-10,15H,2,5-6,11-14H2,1H3,(H,24,28). The maximum Gasteiger partial charge on any atom is 0.328 e. The molecule has 1 aliphatic heterocycles. The number of aromatic nitrogens is 2. The van der Waals surface area contributed by atoms with E-state index in [4.69, 9.17) is 11.6 Å². The average molecular weight is 477 g/mol. The lowest BCUT2D eigenvalue weighted by Gasteiger charge is -2.26. The van der Waals surface area contributed by atoms with Crippen LogP contribution < -0.4 is 11.0 Å². The molecule has 0 bridgehead atoms. The van der Waals surface area contributed by atoms with E-state index >= 15 is 0 Å². The summed E-state index contributed by atoms with van der Waals surface area (Å²) in [6, 6.07) is 11.8. The minimum atomic E-state index is -3.73. The number of fused-ring (bicyclic) bond motifs is 1. The topological polar surface area (TPSA) is 93.4 Å². The highest BCUT2D eigenvalue weighted by atomic mass is 35.5. The summed E-state index contributed by atoms with van der Waals surface area (Å²) in [4.78, 5) is 25.1. The van der Waals surface area contributed by atoms with Crippen LogP contribution in [0.4, 0.5) is 5.69 Å². The first kappa shape index (κ1) is 22.6. The second-order valence-electron chi connectivity index (χ2n) is 7.89. The van der Waals surface area contributed by atoms with Gasteiger partial charge in [-0.15, -0.1) is 0 Å². The van der Waals surface area contributed by atoms with Gasteiger partial charge in [0.2, 0.25) is 15.9 Å². The van der Waals surface area contributed by atoms with Crippen molar-refractivity contribution >= 4 is 44.3 Å². The Hall–Kier alpha value is -2.62. The molecule has 2 heterocycles. The number of piperidine rings is 1. The van der Waals surface area contributed by atoms with Crippen molar-refractivity contribution in [3.8, 4) is 0 Å². The third kappa shape index (κ3) is 4.32. The van der Waals surface area contributed by atoms with Crippen LogP contribution in [0.3, 0.4) is 0 Å². The maximum absolute atomic E-state index is 13.0. The fourth-order valence-electron chi connectivity index (χ4n) is 4.04. The van der Waals surface area contributed by atoms with Crippen molar-refractivity contribution in [2.75, 3.05) is 18.4 Å². The van der Waals surface area contributed by atoms with Crippen LogP contribution in [0.2, 0.25) is 5.02 Å². The fourth-order valence-corrected chi connectivity index (χ4v) is 6.06. The molecule has 0 atom stereocenters. The summed E-state index contributed by atoms with van der Waals surface area (Å²) in [6.07, 6.45) is 2.71. The first-order chi connectivity index (χ1) is 15.3. The molecule has 0 aliphatic carbocycles. The SMILES string of the molecule is Cn1c(=O)n(CCC(=O)Nc2ccc(Cl)c(S(=O)(=O)N3CCCCC3)c2)c2ccccc21. The first-order valence-electron chi connectivity index (χ1n) is 10.5. The number of sulfonamides is 1. The minimum Gasteiger partial charge on any atom is -0.326 e. The Morgan fingerprint density at radius 3 is 2.47 bits per heavy atom. The molecule has 1 fully saturated rings. The van der Waals surface area contributed by atoms with E-state index in [9.17, 15) is 18.0 Å². The quantitative estimate of drug-likeness (QED) is 0.591. The average Bonchev–Trinajstić information content (AvgIpc) is 3.04. The number of hydrogen-bond donors (Lipinski definition) is 1. The van der Waals surface area contributed by atoms with E-state index in [0.717, 1.165) is 30.3 Å². The highest BCUT2D eigenvalue weighted by Gasteiger charge is 2.28. The molecule has 0 unspecified atom stereocenters. The molecule has 4 rings (SSSR count). The van der Waals surface area contributed by atoms with E-state index in [-0.39, 0.29) is 34.5 Å². The number of carbonyl (C=O) groups excluding carboxylic acids is 1. The Kier molecular flexibility index (Phi) is 6.41. The molecule has 0 saturated carbocycles. The fraction of sp³-hybridized carbons (Fsp3) is 0.364. The summed E-state index contributed by atoms with van der Waals surface area (Å²) in [5, 5.41) is 2.85. The molecular formula is C22H25ClN4O4S. The van der Waals surface area contributed by atoms with E-state index in [2.05, 4.69) is 5.32 Å². The zero-order valence-electron chi connectivity index (χ0n) is 17.8. The summed E-state index contributed by atoms with van der Waals surface area (Å²) in [7, 11) is -2.04. The summed E-state index contributed by atoms with van der Waals surface area (Å²) in [6.45, 7) is 1.14. The first-order valence-corrected chi connectivity index (χ1v) is 12.3. The molecule has 1 N–H and O–H groups in total. The van der Waals surface area contributed by atoms with Crippen molar-refractivity contribution in [2.24, 2.45) is 7.05 Å². The molecule has 170 valence electrons. The van der Waals surface area contributed by atoms with E-state index < -0.39 is 10.0 Å². The Bertz CT molecular complexity index is 1320. The molecule has 32 heavy (non-hydrogen) atoms. The summed E-state index contributed by atoms with van der Waals surface area (Å²) >= 11 is 6.19. The number of aryl methyl sites for hydroxylation is 2. The number of nitrogens with one attached hydrogen (secondary N) is 1. The molecule has 1 aromatic heterocycles. The van der Waals surface area contributed by atoms with Gasteiger partial charge in [-0.2, -0.15) is 4.31 Å². The third-order valence-corrected chi connectivity index (χ3v) is 8.14. The molecule has 3 aromatic rings. The number of anilines is 1. The van der Waals surface area contributed by atoms with Gasteiger partial charge < -0.3 is 5.32 Å². The summed E-state index contributed by atoms with van der Waals surface area (Å²) in [5.74, 6) is -0.325. The van der Waals surface area contributed by atoms with Crippen LogP contribution in [0.25, 0.3) is 11.0 Å². The predicted octanol–water partition coefficient (Wildman–Crippen LogP) is 3.20. The van der Waals surface area contributed by atoms with Gasteiger partial charge in [-0.05, 0) is 43.2 Å². The number of rotatable bonds is 6. The van der Waals surface area contributed by atoms with Crippen molar-refractivity contribution in [3.05, 3.63) is 58.0 Å². The van der Waals surface area contributed by atoms with Crippen LogP contribution in [0.15, 0.2) is 52.2 Å². The Morgan fingerprint density at radius 2 is 1.75 bits per heavy atom. The molecular weight excluding hydrogens is 452 g/mol. The number of hydrogen-bond acceptors (Lipinski definition) is 4. The molecule has 8 nitrogen and oxygen atoms in total. The second kappa shape index (κ2) is 9.09. The normalized spacial score (nSPS) is 15.2. The maximum atomic E-state index is 13.0. The molecule has 0 radical (unpaired) electrons. The van der Waals surface area contributed by atoms with Crippen LogP contribution in [-0.4, -0.2) is 40.9 Å². The van der Waals surface area contributed by atoms with Crippen LogP contribution in [0.1, 0.15) is 25.7 Å². The number of benzene rings is 2. The highest BCUT2D eigenvalue weighted by Crippen LogP contribution is 2.29. The zero-order valence-corrected chi connectivity index (χ0v) is 19.3. The molecule has 1 amide bonds. The van der Waals surface area contributed by atoms with Gasteiger partial charge in [-0.25, -0.2) is 13.2 Å². The Balaban J connectivity index is 1.49. The van der Waals surface area contributed by atoms with E-state index in [1.54, 1.807) is 22.2 Å². The molecule has 1 aliphatic rings.